The minimum absolute atomic E-state index is 0.0891. The van der Waals surface area contributed by atoms with Gasteiger partial charge in [-0.25, -0.2) is 4.98 Å². The van der Waals surface area contributed by atoms with Crippen molar-refractivity contribution in [3.63, 3.8) is 0 Å². The van der Waals surface area contributed by atoms with Crippen LogP contribution in [0.25, 0.3) is 11.4 Å². The maximum absolute atomic E-state index is 11.9. The van der Waals surface area contributed by atoms with E-state index in [1.165, 1.54) is 23.3 Å². The summed E-state index contributed by atoms with van der Waals surface area (Å²) in [5, 5.41) is 3.45. The van der Waals surface area contributed by atoms with Crippen molar-refractivity contribution < 1.29 is 4.79 Å². The van der Waals surface area contributed by atoms with E-state index in [2.05, 4.69) is 14.7 Å². The highest BCUT2D eigenvalue weighted by Crippen LogP contribution is 2.25. The Morgan fingerprint density at radius 1 is 1.13 bits per heavy atom. The lowest BCUT2D eigenvalue weighted by Crippen LogP contribution is -2.13. The molecule has 0 saturated heterocycles. The Labute approximate surface area is 147 Å². The molecule has 3 aromatic rings. The van der Waals surface area contributed by atoms with Crippen molar-refractivity contribution in [3.8, 4) is 11.4 Å². The zero-order valence-electron chi connectivity index (χ0n) is 11.9. The second-order valence-corrected chi connectivity index (χ2v) is 7.00. The monoisotopic (exact) mass is 361 g/mol. The Balaban J connectivity index is 1.55. The Kier molecular flexibility index (Phi) is 5.27. The molecule has 1 aromatic heterocycles. The number of thioether (sulfide) groups is 1. The van der Waals surface area contributed by atoms with Gasteiger partial charge in [0.25, 0.3) is 0 Å². The van der Waals surface area contributed by atoms with E-state index in [-0.39, 0.29) is 11.7 Å². The molecule has 0 radical (unpaired) electrons. The van der Waals surface area contributed by atoms with Crippen molar-refractivity contribution in [2.24, 2.45) is 0 Å². The maximum Gasteiger partial charge on any atom is 0.234 e. The average molecular weight is 362 g/mol. The smallest absolute Gasteiger partial charge is 0.234 e. The first kappa shape index (κ1) is 16.0. The fourth-order valence-electron chi connectivity index (χ4n) is 1.83. The number of carbonyl (C=O) groups is 1. The molecule has 1 heterocycles. The first-order valence-corrected chi connectivity index (χ1v) is 8.92. The molecular formula is C16H12ClN3OS2. The SMILES string of the molecule is O=C(CSc1nc(-c2ccccc2)ns1)Nc1ccc(Cl)cc1. The molecule has 0 aliphatic heterocycles. The van der Waals surface area contributed by atoms with Crippen LogP contribution in [0.1, 0.15) is 0 Å². The Morgan fingerprint density at radius 3 is 2.61 bits per heavy atom. The third kappa shape index (κ3) is 4.54. The third-order valence-corrected chi connectivity index (χ3v) is 4.98. The van der Waals surface area contributed by atoms with E-state index in [1.54, 1.807) is 24.3 Å². The van der Waals surface area contributed by atoms with Crippen molar-refractivity contribution in [3.05, 3.63) is 59.6 Å². The van der Waals surface area contributed by atoms with E-state index >= 15 is 0 Å². The van der Waals surface area contributed by atoms with Gasteiger partial charge in [-0.15, -0.1) is 0 Å². The van der Waals surface area contributed by atoms with E-state index in [4.69, 9.17) is 11.6 Å². The number of carbonyl (C=O) groups excluding carboxylic acids is 1. The van der Waals surface area contributed by atoms with Crippen LogP contribution in [0.3, 0.4) is 0 Å². The molecule has 3 rings (SSSR count). The van der Waals surface area contributed by atoms with Gasteiger partial charge in [0.2, 0.25) is 5.91 Å². The molecule has 2 aromatic carbocycles. The lowest BCUT2D eigenvalue weighted by molar-refractivity contribution is -0.113. The number of anilines is 1. The highest BCUT2D eigenvalue weighted by atomic mass is 35.5. The van der Waals surface area contributed by atoms with E-state index in [1.807, 2.05) is 30.3 Å². The number of nitrogens with one attached hydrogen (secondary N) is 1. The van der Waals surface area contributed by atoms with Gasteiger partial charge >= 0.3 is 0 Å². The summed E-state index contributed by atoms with van der Waals surface area (Å²) in [6.07, 6.45) is 0. The van der Waals surface area contributed by atoms with Crippen LogP contribution < -0.4 is 5.32 Å². The van der Waals surface area contributed by atoms with E-state index in [0.717, 1.165) is 15.6 Å². The molecule has 0 unspecified atom stereocenters. The highest BCUT2D eigenvalue weighted by molar-refractivity contribution is 8.01. The van der Waals surface area contributed by atoms with Crippen LogP contribution in [0.2, 0.25) is 5.02 Å². The van der Waals surface area contributed by atoms with Crippen LogP contribution in [0.15, 0.2) is 58.9 Å². The normalized spacial score (nSPS) is 10.5. The molecule has 0 spiro atoms. The Bertz CT molecular complexity index is 791. The summed E-state index contributed by atoms with van der Waals surface area (Å²) in [4.78, 5) is 16.4. The topological polar surface area (TPSA) is 54.9 Å². The predicted molar refractivity (Wildman–Crippen MR) is 96.2 cm³/mol. The van der Waals surface area contributed by atoms with Gasteiger partial charge in [0, 0.05) is 16.3 Å². The molecule has 4 nitrogen and oxygen atoms in total. The fourth-order valence-corrected chi connectivity index (χ4v) is 3.37. The van der Waals surface area contributed by atoms with Gasteiger partial charge in [0.05, 0.1) is 5.75 Å². The number of rotatable bonds is 5. The number of aromatic nitrogens is 2. The van der Waals surface area contributed by atoms with Crippen molar-refractivity contribution >= 4 is 46.5 Å². The molecule has 23 heavy (non-hydrogen) atoms. The fraction of sp³-hybridized carbons (Fsp3) is 0.0625. The zero-order chi connectivity index (χ0) is 16.1. The number of hydrogen-bond donors (Lipinski definition) is 1. The largest absolute Gasteiger partial charge is 0.325 e. The van der Waals surface area contributed by atoms with Crippen LogP contribution in [0.4, 0.5) is 5.69 Å². The van der Waals surface area contributed by atoms with Crippen LogP contribution in [-0.2, 0) is 4.79 Å². The van der Waals surface area contributed by atoms with Gasteiger partial charge in [0.1, 0.15) is 0 Å². The Hall–Kier alpha value is -1.89. The van der Waals surface area contributed by atoms with Crippen molar-refractivity contribution in [2.45, 2.75) is 4.34 Å². The lowest BCUT2D eigenvalue weighted by atomic mass is 10.2. The summed E-state index contributed by atoms with van der Waals surface area (Å²) in [7, 11) is 0. The third-order valence-electron chi connectivity index (χ3n) is 2.89. The molecule has 0 saturated carbocycles. The summed E-state index contributed by atoms with van der Waals surface area (Å²) in [6.45, 7) is 0. The first-order valence-electron chi connectivity index (χ1n) is 6.78. The molecule has 0 aliphatic carbocycles. The molecule has 1 N–H and O–H groups in total. The number of amides is 1. The van der Waals surface area contributed by atoms with Crippen LogP contribution in [-0.4, -0.2) is 21.0 Å². The molecule has 1 amide bonds. The zero-order valence-corrected chi connectivity index (χ0v) is 14.3. The van der Waals surface area contributed by atoms with Crippen molar-refractivity contribution in [2.75, 3.05) is 11.1 Å². The molecule has 0 aliphatic rings. The minimum atomic E-state index is -0.0891. The van der Waals surface area contributed by atoms with E-state index < -0.39 is 0 Å². The molecule has 0 atom stereocenters. The number of benzene rings is 2. The minimum Gasteiger partial charge on any atom is -0.325 e. The molecular weight excluding hydrogens is 350 g/mol. The maximum atomic E-state index is 11.9. The van der Waals surface area contributed by atoms with E-state index in [0.29, 0.717) is 10.8 Å². The number of hydrogen-bond acceptors (Lipinski definition) is 5. The van der Waals surface area contributed by atoms with Crippen LogP contribution in [0, 0.1) is 0 Å². The lowest BCUT2D eigenvalue weighted by Gasteiger charge is -2.03. The molecule has 0 fully saturated rings. The van der Waals surface area contributed by atoms with Gasteiger partial charge in [-0.3, -0.25) is 4.79 Å². The van der Waals surface area contributed by atoms with Crippen LogP contribution >= 0.6 is 34.9 Å². The van der Waals surface area contributed by atoms with Gasteiger partial charge in [0.15, 0.2) is 10.2 Å². The van der Waals surface area contributed by atoms with Crippen molar-refractivity contribution in [1.29, 1.82) is 0 Å². The molecule has 7 heteroatoms. The number of halogens is 1. The summed E-state index contributed by atoms with van der Waals surface area (Å²) in [5.74, 6) is 0.886. The van der Waals surface area contributed by atoms with Crippen molar-refractivity contribution in [1.82, 2.24) is 9.36 Å². The predicted octanol–water partition coefficient (Wildman–Crippen LogP) is 4.59. The molecule has 116 valence electrons. The van der Waals surface area contributed by atoms with Gasteiger partial charge in [-0.2, -0.15) is 4.37 Å². The highest BCUT2D eigenvalue weighted by Gasteiger charge is 2.09. The van der Waals surface area contributed by atoms with Gasteiger partial charge in [-0.05, 0) is 35.8 Å². The summed E-state index contributed by atoms with van der Waals surface area (Å²) >= 11 is 8.48. The van der Waals surface area contributed by atoms with Gasteiger partial charge in [-0.1, -0.05) is 53.7 Å². The average Bonchev–Trinajstić information content (AvgIpc) is 3.05. The van der Waals surface area contributed by atoms with Gasteiger partial charge < -0.3 is 5.32 Å². The summed E-state index contributed by atoms with van der Waals surface area (Å²) in [6, 6.07) is 16.8. The summed E-state index contributed by atoms with van der Waals surface area (Å²) < 4.78 is 5.09. The second-order valence-electron chi connectivity index (χ2n) is 4.59. The number of nitrogens with zero attached hydrogens (tertiary/aromatic N) is 2. The second kappa shape index (κ2) is 7.59. The first-order chi connectivity index (χ1) is 11.2. The van der Waals surface area contributed by atoms with E-state index in [9.17, 15) is 4.79 Å². The summed E-state index contributed by atoms with van der Waals surface area (Å²) in [5.41, 5.74) is 1.70. The Morgan fingerprint density at radius 2 is 1.87 bits per heavy atom. The quantitative estimate of drug-likeness (QED) is 0.675. The molecule has 0 bridgehead atoms. The van der Waals surface area contributed by atoms with Crippen LogP contribution in [0.5, 0.6) is 0 Å². The standard InChI is InChI=1S/C16H12ClN3OS2/c17-12-6-8-13(9-7-12)18-14(21)10-22-16-19-15(20-23-16)11-4-2-1-3-5-11/h1-9H,10H2,(H,18,21).